The summed E-state index contributed by atoms with van der Waals surface area (Å²) in [6.45, 7) is 2.49. The normalized spacial score (nSPS) is 16.6. The molecule has 2 aromatic heterocycles. The van der Waals surface area contributed by atoms with E-state index in [1.54, 1.807) is 21.1 Å². The Bertz CT molecular complexity index is 1130. The number of hydrogen-bond acceptors (Lipinski definition) is 5. The topological polar surface area (TPSA) is 88.9 Å². The number of fused-ring (bicyclic) bond motifs is 1. The number of H-pyrrole nitrogens is 1. The molecule has 30 heavy (non-hydrogen) atoms. The van der Waals surface area contributed by atoms with Crippen molar-refractivity contribution in [2.75, 3.05) is 20.8 Å². The van der Waals surface area contributed by atoms with Crippen LogP contribution in [-0.4, -0.2) is 46.2 Å². The second-order valence-corrected chi connectivity index (χ2v) is 7.61. The average Bonchev–Trinajstić information content (AvgIpc) is 3.18. The highest BCUT2D eigenvalue weighted by atomic mass is 16.5. The average molecular weight is 410 g/mol. The van der Waals surface area contributed by atoms with E-state index in [1.807, 2.05) is 29.2 Å². The van der Waals surface area contributed by atoms with Crippen LogP contribution in [0.25, 0.3) is 5.65 Å². The molecule has 1 saturated heterocycles. The monoisotopic (exact) mass is 410 g/mol. The third-order valence-corrected chi connectivity index (χ3v) is 5.58. The van der Waals surface area contributed by atoms with Gasteiger partial charge in [-0.05, 0) is 43.9 Å². The summed E-state index contributed by atoms with van der Waals surface area (Å²) in [4.78, 5) is 31.8. The Kier molecular flexibility index (Phi) is 5.48. The van der Waals surface area contributed by atoms with Crippen LogP contribution in [0.3, 0.4) is 0 Å². The Morgan fingerprint density at radius 3 is 2.73 bits per heavy atom. The van der Waals surface area contributed by atoms with Crippen molar-refractivity contribution in [2.45, 2.75) is 38.6 Å². The van der Waals surface area contributed by atoms with E-state index >= 15 is 0 Å². The van der Waals surface area contributed by atoms with Crippen molar-refractivity contribution in [1.82, 2.24) is 19.5 Å². The molecule has 0 radical (unpaired) electrons. The molecule has 0 saturated carbocycles. The lowest BCUT2D eigenvalue weighted by Gasteiger charge is -2.35. The quantitative estimate of drug-likeness (QED) is 0.699. The van der Waals surface area contributed by atoms with Crippen molar-refractivity contribution < 1.29 is 14.3 Å². The van der Waals surface area contributed by atoms with Crippen LogP contribution >= 0.6 is 0 Å². The molecule has 1 unspecified atom stereocenters. The Morgan fingerprint density at radius 1 is 1.17 bits per heavy atom. The van der Waals surface area contributed by atoms with E-state index in [-0.39, 0.29) is 23.9 Å². The molecule has 1 aromatic carbocycles. The summed E-state index contributed by atoms with van der Waals surface area (Å²) in [6.07, 6.45) is 3.11. The first kappa shape index (κ1) is 20.0. The number of nitrogens with one attached hydrogen (secondary N) is 1. The minimum absolute atomic E-state index is 0.0436. The van der Waals surface area contributed by atoms with Crippen LogP contribution in [0, 0.1) is 6.92 Å². The van der Waals surface area contributed by atoms with Crippen LogP contribution in [0.1, 0.15) is 42.3 Å². The molecule has 3 aromatic rings. The highest BCUT2D eigenvalue weighted by Gasteiger charge is 2.29. The zero-order chi connectivity index (χ0) is 21.3. The third kappa shape index (κ3) is 3.77. The second kappa shape index (κ2) is 8.22. The van der Waals surface area contributed by atoms with Crippen LogP contribution in [0.5, 0.6) is 11.5 Å². The molecule has 8 heteroatoms. The summed E-state index contributed by atoms with van der Waals surface area (Å²) in [7, 11) is 3.17. The third-order valence-electron chi connectivity index (χ3n) is 5.58. The Balaban J connectivity index is 1.60. The zero-order valence-corrected chi connectivity index (χ0v) is 17.5. The van der Waals surface area contributed by atoms with Crippen molar-refractivity contribution in [3.8, 4) is 11.5 Å². The predicted octanol–water partition coefficient (Wildman–Crippen LogP) is 2.64. The van der Waals surface area contributed by atoms with E-state index in [0.717, 1.165) is 30.5 Å². The van der Waals surface area contributed by atoms with Crippen molar-refractivity contribution in [3.05, 3.63) is 57.6 Å². The van der Waals surface area contributed by atoms with Crippen LogP contribution in [0.15, 0.2) is 35.1 Å². The molecule has 4 rings (SSSR count). The van der Waals surface area contributed by atoms with Gasteiger partial charge >= 0.3 is 0 Å². The van der Waals surface area contributed by atoms with Crippen LogP contribution in [0.4, 0.5) is 0 Å². The van der Waals surface area contributed by atoms with E-state index in [4.69, 9.17) is 9.47 Å². The van der Waals surface area contributed by atoms with Crippen molar-refractivity contribution in [1.29, 1.82) is 0 Å². The molecule has 1 aliphatic heterocycles. The number of aryl methyl sites for hydroxylation is 1. The zero-order valence-electron chi connectivity index (χ0n) is 17.5. The number of likely N-dealkylation sites (tertiary alicyclic amines) is 1. The standard InChI is InChI=1S/C22H26N4O4/c1-14-10-22(28)26-20(23-14)13-16(24-26)17-6-4-5-9-25(17)21(27)12-15-7-8-18(29-2)19(11-15)30-3/h7-8,10-11,13,17,24H,4-6,9,12H2,1-3H3. The number of aromatic amines is 1. The van der Waals surface area contributed by atoms with Crippen molar-refractivity contribution in [2.24, 2.45) is 0 Å². The van der Waals surface area contributed by atoms with Gasteiger partial charge in [-0.3, -0.25) is 14.7 Å². The lowest BCUT2D eigenvalue weighted by Crippen LogP contribution is -2.39. The molecule has 1 aliphatic rings. The molecule has 0 bridgehead atoms. The van der Waals surface area contributed by atoms with Gasteiger partial charge in [0.15, 0.2) is 17.1 Å². The maximum atomic E-state index is 13.2. The number of piperidine rings is 1. The Morgan fingerprint density at radius 2 is 1.97 bits per heavy atom. The number of methoxy groups -OCH3 is 2. The van der Waals surface area contributed by atoms with Gasteiger partial charge in [-0.2, -0.15) is 0 Å². The van der Waals surface area contributed by atoms with Crippen molar-refractivity contribution in [3.63, 3.8) is 0 Å². The first-order valence-corrected chi connectivity index (χ1v) is 10.1. The number of aromatic nitrogens is 3. The molecule has 0 spiro atoms. The van der Waals surface area contributed by atoms with Gasteiger partial charge in [-0.15, -0.1) is 0 Å². The van der Waals surface area contributed by atoms with Gasteiger partial charge in [0.1, 0.15) is 0 Å². The lowest BCUT2D eigenvalue weighted by molar-refractivity contribution is -0.134. The van der Waals surface area contributed by atoms with Crippen LogP contribution < -0.4 is 15.0 Å². The van der Waals surface area contributed by atoms with Crippen LogP contribution in [0.2, 0.25) is 0 Å². The maximum Gasteiger partial charge on any atom is 0.272 e. The maximum absolute atomic E-state index is 13.2. The second-order valence-electron chi connectivity index (χ2n) is 7.61. The Labute approximate surface area is 174 Å². The van der Waals surface area contributed by atoms with Crippen LogP contribution in [-0.2, 0) is 11.2 Å². The van der Waals surface area contributed by atoms with Gasteiger partial charge in [0.2, 0.25) is 5.91 Å². The van der Waals surface area contributed by atoms with E-state index in [1.165, 1.54) is 10.6 Å². The fraction of sp³-hybridized carbons (Fsp3) is 0.409. The SMILES string of the molecule is COc1ccc(CC(=O)N2CCCCC2c2cc3nc(C)cc(=O)n3[nH]2)cc1OC. The molecule has 1 fully saturated rings. The minimum Gasteiger partial charge on any atom is -0.493 e. The van der Waals surface area contributed by atoms with Gasteiger partial charge in [-0.1, -0.05) is 6.07 Å². The van der Waals surface area contributed by atoms with E-state index in [9.17, 15) is 9.59 Å². The lowest BCUT2D eigenvalue weighted by atomic mass is 9.98. The van der Waals surface area contributed by atoms with Gasteiger partial charge in [0.25, 0.3) is 5.56 Å². The van der Waals surface area contributed by atoms with Gasteiger partial charge < -0.3 is 14.4 Å². The van der Waals surface area contributed by atoms with E-state index < -0.39 is 0 Å². The summed E-state index contributed by atoms with van der Waals surface area (Å²) >= 11 is 0. The molecular formula is C22H26N4O4. The Hall–Kier alpha value is -3.29. The highest BCUT2D eigenvalue weighted by molar-refractivity contribution is 5.79. The van der Waals surface area contributed by atoms with Gasteiger partial charge in [0, 0.05) is 24.4 Å². The predicted molar refractivity (Wildman–Crippen MR) is 112 cm³/mol. The molecule has 8 nitrogen and oxygen atoms in total. The fourth-order valence-electron chi connectivity index (χ4n) is 4.12. The number of nitrogens with zero attached hydrogens (tertiary/aromatic N) is 3. The highest BCUT2D eigenvalue weighted by Crippen LogP contribution is 2.32. The number of hydrogen-bond donors (Lipinski definition) is 1. The van der Waals surface area contributed by atoms with E-state index in [2.05, 4.69) is 10.1 Å². The number of carbonyl (C=O) groups excluding carboxylic acids is 1. The summed E-state index contributed by atoms with van der Waals surface area (Å²) in [6, 6.07) is 8.80. The minimum atomic E-state index is -0.150. The molecule has 0 aliphatic carbocycles. The first-order valence-electron chi connectivity index (χ1n) is 10.1. The number of benzene rings is 1. The number of amides is 1. The van der Waals surface area contributed by atoms with Crippen molar-refractivity contribution >= 4 is 11.6 Å². The molecule has 3 heterocycles. The largest absolute Gasteiger partial charge is 0.493 e. The number of rotatable bonds is 5. The molecule has 158 valence electrons. The van der Waals surface area contributed by atoms with Gasteiger partial charge in [-0.25, -0.2) is 9.50 Å². The smallest absolute Gasteiger partial charge is 0.272 e. The number of carbonyl (C=O) groups is 1. The summed E-state index contributed by atoms with van der Waals surface area (Å²) in [5, 5.41) is 3.15. The molecular weight excluding hydrogens is 384 g/mol. The fourth-order valence-corrected chi connectivity index (χ4v) is 4.12. The summed E-state index contributed by atoms with van der Waals surface area (Å²) in [5.41, 5.74) is 2.81. The first-order chi connectivity index (χ1) is 14.5. The molecule has 1 amide bonds. The summed E-state index contributed by atoms with van der Waals surface area (Å²) < 4.78 is 12.1. The number of ether oxygens (including phenoxy) is 2. The summed E-state index contributed by atoms with van der Waals surface area (Å²) in [5.74, 6) is 1.28. The molecule has 1 atom stereocenters. The molecule has 1 N–H and O–H groups in total. The van der Waals surface area contributed by atoms with E-state index in [0.29, 0.717) is 29.4 Å². The van der Waals surface area contributed by atoms with Gasteiger partial charge in [0.05, 0.1) is 32.4 Å².